The van der Waals surface area contributed by atoms with Gasteiger partial charge in [-0.25, -0.2) is 13.9 Å². The molecule has 0 aliphatic rings. The first-order valence-corrected chi connectivity index (χ1v) is 8.09. The largest absolute Gasteiger partial charge is 0.244 e. The predicted octanol–water partition coefficient (Wildman–Crippen LogP) is 3.90. The number of nitrogens with one attached hydrogen (secondary N) is 1. The molecule has 5 heteroatoms. The van der Waals surface area contributed by atoms with Gasteiger partial charge in [0.1, 0.15) is 4.60 Å². The van der Waals surface area contributed by atoms with Crippen molar-refractivity contribution in [2.24, 2.45) is 0 Å². The summed E-state index contributed by atoms with van der Waals surface area (Å²) in [6.45, 7) is 11.7. The first-order valence-electron chi connectivity index (χ1n) is 6.15. The van der Waals surface area contributed by atoms with Gasteiger partial charge in [0.15, 0.2) is 0 Å². The fraction of sp³-hybridized carbons (Fsp3) is 0.500. The molecule has 0 bridgehead atoms. The van der Waals surface area contributed by atoms with Crippen LogP contribution < -0.4 is 4.72 Å². The van der Waals surface area contributed by atoms with E-state index >= 15 is 0 Å². The number of hydrogen-bond donors (Lipinski definition) is 1. The summed E-state index contributed by atoms with van der Waals surface area (Å²) in [5, 5.41) is 0. The van der Waals surface area contributed by atoms with Gasteiger partial charge in [-0.2, -0.15) is 0 Å². The molecule has 106 valence electrons. The molecular formula is C14H21BrN2OS. The number of hydrogen-bond acceptors (Lipinski definition) is 2. The first kappa shape index (κ1) is 16.5. The topological polar surface area (TPSA) is 42.0 Å². The third kappa shape index (κ3) is 5.55. The molecule has 1 heterocycles. The van der Waals surface area contributed by atoms with Gasteiger partial charge in [-0.15, -0.1) is 6.58 Å². The normalized spacial score (nSPS) is 15.0. The van der Waals surface area contributed by atoms with E-state index in [1.165, 1.54) is 0 Å². The highest BCUT2D eigenvalue weighted by Gasteiger charge is 2.24. The van der Waals surface area contributed by atoms with Gasteiger partial charge in [0.2, 0.25) is 0 Å². The zero-order valence-corrected chi connectivity index (χ0v) is 14.3. The summed E-state index contributed by atoms with van der Waals surface area (Å²) in [6.07, 6.45) is 0.714. The molecule has 0 aliphatic carbocycles. The maximum Gasteiger partial charge on any atom is 0.106 e. The second kappa shape index (κ2) is 6.77. The van der Waals surface area contributed by atoms with Gasteiger partial charge in [-0.05, 0) is 62.2 Å². The Morgan fingerprint density at radius 3 is 2.63 bits per heavy atom. The molecule has 3 nitrogen and oxygen atoms in total. The molecule has 1 rings (SSSR count). The maximum absolute atomic E-state index is 12.2. The number of aromatic nitrogens is 1. The van der Waals surface area contributed by atoms with E-state index in [0.717, 1.165) is 15.9 Å². The van der Waals surface area contributed by atoms with E-state index in [4.69, 9.17) is 0 Å². The average molecular weight is 345 g/mol. The SMILES string of the molecule is C=C(C)C[C@H](NS(=O)C(C)(C)C)c1cccc(Br)n1. The van der Waals surface area contributed by atoms with Crippen LogP contribution in [-0.4, -0.2) is 13.9 Å². The van der Waals surface area contributed by atoms with E-state index in [2.05, 4.69) is 32.2 Å². The van der Waals surface area contributed by atoms with Crippen LogP contribution >= 0.6 is 15.9 Å². The van der Waals surface area contributed by atoms with Gasteiger partial charge in [0.25, 0.3) is 0 Å². The minimum Gasteiger partial charge on any atom is -0.244 e. The van der Waals surface area contributed by atoms with Crippen molar-refractivity contribution in [3.63, 3.8) is 0 Å². The number of nitrogens with zero attached hydrogens (tertiary/aromatic N) is 1. The van der Waals surface area contributed by atoms with E-state index in [9.17, 15) is 4.21 Å². The van der Waals surface area contributed by atoms with Crippen molar-refractivity contribution in [3.05, 3.63) is 40.6 Å². The Kier molecular flexibility index (Phi) is 5.89. The Hall–Kier alpha value is -0.520. The van der Waals surface area contributed by atoms with Gasteiger partial charge >= 0.3 is 0 Å². The fourth-order valence-corrected chi connectivity index (χ4v) is 2.65. The Morgan fingerprint density at radius 2 is 2.16 bits per heavy atom. The van der Waals surface area contributed by atoms with Crippen LogP contribution in [0.15, 0.2) is 35.0 Å². The van der Waals surface area contributed by atoms with Crippen molar-refractivity contribution in [1.29, 1.82) is 0 Å². The lowest BCUT2D eigenvalue weighted by atomic mass is 10.1. The minimum absolute atomic E-state index is 0.0879. The zero-order chi connectivity index (χ0) is 14.6. The second-order valence-corrected chi connectivity index (χ2v) is 8.41. The highest BCUT2D eigenvalue weighted by Crippen LogP contribution is 2.23. The average Bonchev–Trinajstić information content (AvgIpc) is 2.26. The van der Waals surface area contributed by atoms with Crippen molar-refractivity contribution in [2.45, 2.75) is 44.9 Å². The molecule has 0 fully saturated rings. The molecule has 0 radical (unpaired) electrons. The minimum atomic E-state index is -1.14. The van der Waals surface area contributed by atoms with Crippen LogP contribution in [0.4, 0.5) is 0 Å². The quantitative estimate of drug-likeness (QED) is 0.650. The highest BCUT2D eigenvalue weighted by atomic mass is 79.9. The number of pyridine rings is 1. The highest BCUT2D eigenvalue weighted by molar-refractivity contribution is 9.10. The Bertz CT molecular complexity index is 483. The van der Waals surface area contributed by atoms with Crippen molar-refractivity contribution in [2.75, 3.05) is 0 Å². The van der Waals surface area contributed by atoms with Crippen LogP contribution in [0.3, 0.4) is 0 Å². The summed E-state index contributed by atoms with van der Waals surface area (Å²) in [5.41, 5.74) is 1.90. The summed E-state index contributed by atoms with van der Waals surface area (Å²) in [4.78, 5) is 4.44. The van der Waals surface area contributed by atoms with Crippen LogP contribution in [0.1, 0.15) is 45.9 Å². The molecular weight excluding hydrogens is 324 g/mol. The molecule has 2 atom stereocenters. The summed E-state index contributed by atoms with van der Waals surface area (Å²) in [6, 6.07) is 5.65. The number of halogens is 1. The van der Waals surface area contributed by atoms with E-state index in [0.29, 0.717) is 6.42 Å². The van der Waals surface area contributed by atoms with Crippen molar-refractivity contribution < 1.29 is 4.21 Å². The van der Waals surface area contributed by atoms with Crippen LogP contribution in [-0.2, 0) is 11.0 Å². The molecule has 1 aromatic heterocycles. The molecule has 0 saturated carbocycles. The number of rotatable bonds is 5. The summed E-state index contributed by atoms with van der Waals surface area (Å²) < 4.78 is 15.9. The summed E-state index contributed by atoms with van der Waals surface area (Å²) >= 11 is 3.37. The molecule has 0 amide bonds. The van der Waals surface area contributed by atoms with Gasteiger partial charge in [0, 0.05) is 0 Å². The van der Waals surface area contributed by atoms with E-state index in [-0.39, 0.29) is 10.8 Å². The van der Waals surface area contributed by atoms with Crippen molar-refractivity contribution in [1.82, 2.24) is 9.71 Å². The fourth-order valence-electron chi connectivity index (χ4n) is 1.48. The Morgan fingerprint density at radius 1 is 1.53 bits per heavy atom. The monoisotopic (exact) mass is 344 g/mol. The Labute approximate surface area is 126 Å². The lowest BCUT2D eigenvalue weighted by Gasteiger charge is -2.24. The summed E-state index contributed by atoms with van der Waals surface area (Å²) in [7, 11) is -1.14. The Balaban J connectivity index is 2.96. The molecule has 0 saturated heterocycles. The van der Waals surface area contributed by atoms with Crippen LogP contribution in [0, 0.1) is 0 Å². The third-order valence-corrected chi connectivity index (χ3v) is 4.50. The van der Waals surface area contributed by atoms with E-state index in [1.54, 1.807) is 0 Å². The molecule has 1 aromatic rings. The molecule has 1 unspecified atom stereocenters. The van der Waals surface area contributed by atoms with Gasteiger partial charge in [-0.1, -0.05) is 11.6 Å². The van der Waals surface area contributed by atoms with Crippen LogP contribution in [0.5, 0.6) is 0 Å². The first-order chi connectivity index (χ1) is 8.70. The van der Waals surface area contributed by atoms with Crippen LogP contribution in [0.25, 0.3) is 0 Å². The molecule has 0 aliphatic heterocycles. The van der Waals surface area contributed by atoms with E-state index < -0.39 is 11.0 Å². The van der Waals surface area contributed by atoms with Gasteiger partial charge in [0.05, 0.1) is 27.5 Å². The maximum atomic E-state index is 12.2. The standard InChI is InChI=1S/C14H21BrN2OS/c1-10(2)9-12(17-19(18)14(3,4)5)11-7-6-8-13(15)16-11/h6-8,12,17H,1,9H2,2-5H3/t12-,19?/m0/s1. The van der Waals surface area contributed by atoms with Crippen molar-refractivity contribution >= 4 is 26.9 Å². The molecule has 1 N–H and O–H groups in total. The summed E-state index contributed by atoms with van der Waals surface area (Å²) in [5.74, 6) is 0. The van der Waals surface area contributed by atoms with Crippen molar-refractivity contribution in [3.8, 4) is 0 Å². The molecule has 0 spiro atoms. The van der Waals surface area contributed by atoms with Crippen LogP contribution in [0.2, 0.25) is 0 Å². The second-order valence-electron chi connectivity index (χ2n) is 5.60. The smallest absolute Gasteiger partial charge is 0.106 e. The third-order valence-electron chi connectivity index (χ3n) is 2.45. The van der Waals surface area contributed by atoms with Gasteiger partial charge < -0.3 is 0 Å². The lowest BCUT2D eigenvalue weighted by Crippen LogP contribution is -2.36. The van der Waals surface area contributed by atoms with E-state index in [1.807, 2.05) is 45.9 Å². The lowest BCUT2D eigenvalue weighted by molar-refractivity contribution is 0.587. The van der Waals surface area contributed by atoms with Gasteiger partial charge in [-0.3, -0.25) is 0 Å². The zero-order valence-electron chi connectivity index (χ0n) is 11.9. The molecule has 0 aromatic carbocycles. The predicted molar refractivity (Wildman–Crippen MR) is 85.1 cm³/mol. The molecule has 19 heavy (non-hydrogen) atoms.